The average Bonchev–Trinajstić information content (AvgIpc) is 3.16. The van der Waals surface area contributed by atoms with Crippen molar-refractivity contribution in [2.45, 2.75) is 0 Å². The normalized spacial score (nSPS) is 9.92. The van der Waals surface area contributed by atoms with Gasteiger partial charge in [-0.1, -0.05) is 42.2 Å². The minimum Gasteiger partial charge on any atom is -0.377 e. The van der Waals surface area contributed by atoms with Crippen molar-refractivity contribution < 1.29 is 4.79 Å². The minimum absolute atomic E-state index is 0.235. The topological polar surface area (TPSA) is 63.1 Å². The molecule has 1 N–H and O–H groups in total. The number of aromatic nitrogens is 3. The van der Waals surface area contributed by atoms with E-state index in [9.17, 15) is 4.79 Å². The summed E-state index contributed by atoms with van der Waals surface area (Å²) in [7, 11) is 3.94. The molecule has 0 fully saturated rings. The first kappa shape index (κ1) is 17.2. The van der Waals surface area contributed by atoms with Crippen molar-refractivity contribution in [2.24, 2.45) is 0 Å². The van der Waals surface area contributed by atoms with E-state index >= 15 is 0 Å². The molecular formula is C20H19N5O. The van der Waals surface area contributed by atoms with Gasteiger partial charge in [-0.3, -0.25) is 4.79 Å². The maximum absolute atomic E-state index is 12.2. The highest BCUT2D eigenvalue weighted by Crippen LogP contribution is 2.16. The molecule has 0 aliphatic heterocycles. The standard InChI is InChI=1S/C20H19N5O/c1-24(2)19-13-7-6-9-16(19)10-8-14-21-20(26)18-15-22-25(23-18)17-11-4-3-5-12-17/h3-7,9,11-13,15H,14H2,1-2H3,(H,21,26). The molecule has 0 unspecified atom stereocenters. The molecule has 26 heavy (non-hydrogen) atoms. The predicted molar refractivity (Wildman–Crippen MR) is 101 cm³/mol. The van der Waals surface area contributed by atoms with Crippen LogP contribution in [0.4, 0.5) is 5.69 Å². The van der Waals surface area contributed by atoms with Crippen LogP contribution in [0.3, 0.4) is 0 Å². The Kier molecular flexibility index (Phi) is 5.30. The van der Waals surface area contributed by atoms with Gasteiger partial charge in [0.05, 0.1) is 24.1 Å². The van der Waals surface area contributed by atoms with Gasteiger partial charge in [0.25, 0.3) is 5.91 Å². The largest absolute Gasteiger partial charge is 0.377 e. The van der Waals surface area contributed by atoms with Crippen LogP contribution >= 0.6 is 0 Å². The van der Waals surface area contributed by atoms with Crippen molar-refractivity contribution >= 4 is 11.6 Å². The van der Waals surface area contributed by atoms with Gasteiger partial charge in [-0.05, 0) is 24.3 Å². The summed E-state index contributed by atoms with van der Waals surface area (Å²) in [6, 6.07) is 17.3. The van der Waals surface area contributed by atoms with Crippen LogP contribution in [0.1, 0.15) is 16.1 Å². The number of carbonyl (C=O) groups excluding carboxylic acids is 1. The summed E-state index contributed by atoms with van der Waals surface area (Å²) in [4.78, 5) is 15.6. The van der Waals surface area contributed by atoms with Crippen LogP contribution in [0.15, 0.2) is 60.8 Å². The first-order chi connectivity index (χ1) is 12.6. The Morgan fingerprint density at radius 3 is 2.62 bits per heavy atom. The second kappa shape index (κ2) is 7.99. The fraction of sp³-hybridized carbons (Fsp3) is 0.150. The number of anilines is 1. The summed E-state index contributed by atoms with van der Waals surface area (Å²) in [5.41, 5.74) is 3.01. The van der Waals surface area contributed by atoms with Gasteiger partial charge in [0.1, 0.15) is 0 Å². The van der Waals surface area contributed by atoms with Gasteiger partial charge in [0.15, 0.2) is 5.69 Å². The van der Waals surface area contributed by atoms with Crippen molar-refractivity contribution in [1.82, 2.24) is 20.3 Å². The van der Waals surface area contributed by atoms with Gasteiger partial charge in [0.2, 0.25) is 0 Å². The van der Waals surface area contributed by atoms with Crippen molar-refractivity contribution in [3.8, 4) is 17.5 Å². The lowest BCUT2D eigenvalue weighted by atomic mass is 10.1. The second-order valence-electron chi connectivity index (χ2n) is 5.75. The van der Waals surface area contributed by atoms with Crippen LogP contribution in [0.5, 0.6) is 0 Å². The third-order valence-electron chi connectivity index (χ3n) is 3.66. The third kappa shape index (κ3) is 4.08. The minimum atomic E-state index is -0.303. The maximum Gasteiger partial charge on any atom is 0.274 e. The molecule has 1 amide bonds. The van der Waals surface area contributed by atoms with Crippen LogP contribution in [0.2, 0.25) is 0 Å². The molecule has 0 saturated heterocycles. The monoisotopic (exact) mass is 345 g/mol. The Morgan fingerprint density at radius 1 is 1.12 bits per heavy atom. The molecular weight excluding hydrogens is 326 g/mol. The lowest BCUT2D eigenvalue weighted by Gasteiger charge is -2.13. The zero-order valence-corrected chi connectivity index (χ0v) is 14.7. The molecule has 0 atom stereocenters. The number of amides is 1. The summed E-state index contributed by atoms with van der Waals surface area (Å²) in [6.45, 7) is 0.235. The van der Waals surface area contributed by atoms with Gasteiger partial charge in [-0.2, -0.15) is 9.90 Å². The lowest BCUT2D eigenvalue weighted by Crippen LogP contribution is -2.24. The zero-order chi connectivity index (χ0) is 18.4. The van der Waals surface area contributed by atoms with E-state index in [0.29, 0.717) is 0 Å². The molecule has 0 spiro atoms. The summed E-state index contributed by atoms with van der Waals surface area (Å²) >= 11 is 0. The van der Waals surface area contributed by atoms with Gasteiger partial charge in [-0.25, -0.2) is 0 Å². The third-order valence-corrected chi connectivity index (χ3v) is 3.66. The predicted octanol–water partition coefficient (Wildman–Crippen LogP) is 2.11. The Morgan fingerprint density at radius 2 is 1.85 bits per heavy atom. The lowest BCUT2D eigenvalue weighted by molar-refractivity contribution is 0.0953. The van der Waals surface area contributed by atoms with Gasteiger partial charge < -0.3 is 10.2 Å². The fourth-order valence-electron chi connectivity index (χ4n) is 2.38. The molecule has 6 heteroatoms. The van der Waals surface area contributed by atoms with Crippen LogP contribution in [0, 0.1) is 11.8 Å². The van der Waals surface area contributed by atoms with E-state index in [1.165, 1.54) is 11.0 Å². The van der Waals surface area contributed by atoms with Crippen LogP contribution in [-0.2, 0) is 0 Å². The van der Waals surface area contributed by atoms with Crippen LogP contribution in [0.25, 0.3) is 5.69 Å². The van der Waals surface area contributed by atoms with E-state index in [2.05, 4.69) is 27.4 Å². The SMILES string of the molecule is CN(C)c1ccccc1C#CCNC(=O)c1cnn(-c2ccccc2)n1. The van der Waals surface area contributed by atoms with Gasteiger partial charge in [-0.15, -0.1) is 5.10 Å². The molecule has 0 radical (unpaired) electrons. The maximum atomic E-state index is 12.2. The van der Waals surface area contributed by atoms with Crippen molar-refractivity contribution in [2.75, 3.05) is 25.5 Å². The van der Waals surface area contributed by atoms with Crippen LogP contribution < -0.4 is 10.2 Å². The molecule has 0 saturated carbocycles. The number of carbonyl (C=O) groups is 1. The smallest absolute Gasteiger partial charge is 0.274 e. The van der Waals surface area contributed by atoms with E-state index in [1.807, 2.05) is 73.6 Å². The van der Waals surface area contributed by atoms with Crippen LogP contribution in [-0.4, -0.2) is 41.5 Å². The summed E-state index contributed by atoms with van der Waals surface area (Å²) in [6.07, 6.45) is 1.44. The van der Waals surface area contributed by atoms with Crippen molar-refractivity contribution in [3.63, 3.8) is 0 Å². The molecule has 6 nitrogen and oxygen atoms in total. The molecule has 130 valence electrons. The number of hydrogen-bond donors (Lipinski definition) is 1. The van der Waals surface area contributed by atoms with E-state index < -0.39 is 0 Å². The first-order valence-corrected chi connectivity index (χ1v) is 8.16. The number of para-hydroxylation sites is 2. The number of rotatable bonds is 4. The molecule has 1 heterocycles. The molecule has 3 aromatic rings. The highest BCUT2D eigenvalue weighted by atomic mass is 16.2. The van der Waals surface area contributed by atoms with E-state index in [-0.39, 0.29) is 18.1 Å². The number of benzene rings is 2. The summed E-state index contributed by atoms with van der Waals surface area (Å²) in [5, 5.41) is 11.1. The summed E-state index contributed by atoms with van der Waals surface area (Å²) < 4.78 is 0. The molecule has 3 rings (SSSR count). The quantitative estimate of drug-likeness (QED) is 0.736. The molecule has 2 aromatic carbocycles. The Balaban J connectivity index is 1.62. The molecule has 0 bridgehead atoms. The fourth-order valence-corrected chi connectivity index (χ4v) is 2.38. The highest BCUT2D eigenvalue weighted by molar-refractivity contribution is 5.92. The zero-order valence-electron chi connectivity index (χ0n) is 14.7. The molecule has 0 aliphatic carbocycles. The average molecular weight is 345 g/mol. The van der Waals surface area contributed by atoms with Gasteiger partial charge >= 0.3 is 0 Å². The second-order valence-corrected chi connectivity index (χ2v) is 5.75. The van der Waals surface area contributed by atoms with Crippen molar-refractivity contribution in [3.05, 3.63) is 72.1 Å². The number of nitrogens with one attached hydrogen (secondary N) is 1. The molecule has 0 aliphatic rings. The van der Waals surface area contributed by atoms with Crippen molar-refractivity contribution in [1.29, 1.82) is 0 Å². The van der Waals surface area contributed by atoms with E-state index in [4.69, 9.17) is 0 Å². The Bertz CT molecular complexity index is 951. The van der Waals surface area contributed by atoms with E-state index in [0.717, 1.165) is 16.9 Å². The van der Waals surface area contributed by atoms with E-state index in [1.54, 1.807) is 0 Å². The Hall–Kier alpha value is -3.59. The first-order valence-electron chi connectivity index (χ1n) is 8.16. The number of nitrogens with zero attached hydrogens (tertiary/aromatic N) is 4. The highest BCUT2D eigenvalue weighted by Gasteiger charge is 2.10. The Labute approximate surface area is 152 Å². The van der Waals surface area contributed by atoms with Gasteiger partial charge in [0, 0.05) is 19.7 Å². The molecule has 1 aromatic heterocycles. The summed E-state index contributed by atoms with van der Waals surface area (Å²) in [5.74, 6) is 5.75. The number of hydrogen-bond acceptors (Lipinski definition) is 4.